The second-order valence-electron chi connectivity index (χ2n) is 3.90. The van der Waals surface area contributed by atoms with E-state index in [1.165, 1.54) is 0 Å². The van der Waals surface area contributed by atoms with E-state index in [4.69, 9.17) is 0 Å². The van der Waals surface area contributed by atoms with Gasteiger partial charge in [-0.3, -0.25) is 0 Å². The van der Waals surface area contributed by atoms with Gasteiger partial charge in [-0.05, 0) is 12.2 Å². The SMILES string of the molecule is O=C([O-])[N+]1(Cc2ccccc2)C=CC=CC1. The van der Waals surface area contributed by atoms with Crippen LogP contribution in [0.2, 0.25) is 0 Å². The lowest BCUT2D eigenvalue weighted by Gasteiger charge is -2.34. The summed E-state index contributed by atoms with van der Waals surface area (Å²) in [4.78, 5) is 11.3. The molecule has 16 heavy (non-hydrogen) atoms. The van der Waals surface area contributed by atoms with Gasteiger partial charge in [0.1, 0.15) is 19.3 Å². The molecule has 0 bridgehead atoms. The summed E-state index contributed by atoms with van der Waals surface area (Å²) in [6.45, 7) is 0.859. The first-order valence-electron chi connectivity index (χ1n) is 5.19. The first-order valence-corrected chi connectivity index (χ1v) is 5.19. The molecular formula is C13H13NO2. The van der Waals surface area contributed by atoms with E-state index < -0.39 is 6.09 Å². The fraction of sp³-hybridized carbons (Fsp3) is 0.154. The number of carbonyl (C=O) groups is 1. The lowest BCUT2D eigenvalue weighted by molar-refractivity contribution is -0.835. The fourth-order valence-electron chi connectivity index (χ4n) is 1.83. The Bertz CT molecular complexity index is 437. The number of nitrogens with zero attached hydrogens (tertiary/aromatic N) is 1. The Hall–Kier alpha value is -1.87. The molecule has 1 aliphatic rings. The van der Waals surface area contributed by atoms with Crippen LogP contribution in [0.1, 0.15) is 5.56 Å². The van der Waals surface area contributed by atoms with Gasteiger partial charge in [-0.1, -0.05) is 36.4 Å². The van der Waals surface area contributed by atoms with Crippen LogP contribution in [0.5, 0.6) is 0 Å². The van der Waals surface area contributed by atoms with Gasteiger partial charge in [-0.15, -0.1) is 0 Å². The maximum absolute atomic E-state index is 11.3. The topological polar surface area (TPSA) is 40.1 Å². The van der Waals surface area contributed by atoms with Gasteiger partial charge in [-0.2, -0.15) is 0 Å². The number of allylic oxidation sites excluding steroid dienone is 2. The van der Waals surface area contributed by atoms with E-state index in [-0.39, 0.29) is 4.48 Å². The maximum atomic E-state index is 11.3. The van der Waals surface area contributed by atoms with Crippen LogP contribution in [0.4, 0.5) is 4.79 Å². The molecule has 1 amide bonds. The van der Waals surface area contributed by atoms with Crippen LogP contribution in [0.25, 0.3) is 0 Å². The third kappa shape index (κ3) is 2.04. The Morgan fingerprint density at radius 2 is 2.00 bits per heavy atom. The van der Waals surface area contributed by atoms with Crippen LogP contribution in [0.3, 0.4) is 0 Å². The van der Waals surface area contributed by atoms with Gasteiger partial charge >= 0.3 is 0 Å². The van der Waals surface area contributed by atoms with Gasteiger partial charge in [0.15, 0.2) is 0 Å². The van der Waals surface area contributed by atoms with Gasteiger partial charge in [0.05, 0.1) is 0 Å². The summed E-state index contributed by atoms with van der Waals surface area (Å²) in [5.74, 6) is 0. The molecule has 1 unspecified atom stereocenters. The van der Waals surface area contributed by atoms with Crippen molar-refractivity contribution in [3.8, 4) is 0 Å². The highest BCUT2D eigenvalue weighted by Crippen LogP contribution is 2.18. The predicted octanol–water partition coefficient (Wildman–Crippen LogP) is 1.43. The highest BCUT2D eigenvalue weighted by molar-refractivity contribution is 5.55. The minimum Gasteiger partial charge on any atom is -0.498 e. The Labute approximate surface area is 94.5 Å². The van der Waals surface area contributed by atoms with E-state index in [0.29, 0.717) is 13.1 Å². The molecular weight excluding hydrogens is 202 g/mol. The standard InChI is InChI=1S/C13H13NO2/c15-13(16)14(9-5-2-6-10-14)11-12-7-3-1-4-8-12/h1-9H,10-11H2. The van der Waals surface area contributed by atoms with E-state index in [0.717, 1.165) is 5.56 Å². The zero-order valence-electron chi connectivity index (χ0n) is 8.87. The van der Waals surface area contributed by atoms with Crippen molar-refractivity contribution in [3.63, 3.8) is 0 Å². The lowest BCUT2D eigenvalue weighted by Crippen LogP contribution is -2.54. The van der Waals surface area contributed by atoms with E-state index in [9.17, 15) is 9.90 Å². The monoisotopic (exact) mass is 215 g/mol. The summed E-state index contributed by atoms with van der Waals surface area (Å²) in [6.07, 6.45) is 6.05. The molecule has 0 saturated heterocycles. The van der Waals surface area contributed by atoms with Crippen molar-refractivity contribution in [2.24, 2.45) is 0 Å². The van der Waals surface area contributed by atoms with Crippen LogP contribution < -0.4 is 5.11 Å². The van der Waals surface area contributed by atoms with Crippen LogP contribution in [0, 0.1) is 0 Å². The highest BCUT2D eigenvalue weighted by Gasteiger charge is 2.27. The van der Waals surface area contributed by atoms with Crippen LogP contribution >= 0.6 is 0 Å². The third-order valence-electron chi connectivity index (χ3n) is 2.72. The zero-order valence-corrected chi connectivity index (χ0v) is 8.87. The molecule has 3 heteroatoms. The number of carboxylic acid groups (broad SMARTS) is 1. The molecule has 1 atom stereocenters. The quantitative estimate of drug-likeness (QED) is 0.700. The molecule has 0 spiro atoms. The molecule has 1 heterocycles. The summed E-state index contributed by atoms with van der Waals surface area (Å²) >= 11 is 0. The summed E-state index contributed by atoms with van der Waals surface area (Å²) in [7, 11) is 0. The summed E-state index contributed by atoms with van der Waals surface area (Å²) in [5, 5.41) is 11.3. The predicted molar refractivity (Wildman–Crippen MR) is 58.9 cm³/mol. The number of rotatable bonds is 2. The number of hydrogen-bond acceptors (Lipinski definition) is 2. The molecule has 82 valence electrons. The van der Waals surface area contributed by atoms with Crippen molar-refractivity contribution in [1.82, 2.24) is 0 Å². The van der Waals surface area contributed by atoms with E-state index >= 15 is 0 Å². The number of carbonyl (C=O) groups excluding carboxylic acids is 1. The molecule has 0 N–H and O–H groups in total. The molecule has 0 saturated carbocycles. The van der Waals surface area contributed by atoms with Gasteiger partial charge in [0.2, 0.25) is 0 Å². The van der Waals surface area contributed by atoms with Gasteiger partial charge in [0.25, 0.3) is 6.09 Å². The maximum Gasteiger partial charge on any atom is 0.262 e. The number of hydrogen-bond donors (Lipinski definition) is 0. The van der Waals surface area contributed by atoms with Crippen molar-refractivity contribution >= 4 is 6.09 Å². The highest BCUT2D eigenvalue weighted by atomic mass is 16.4. The first kappa shape index (κ1) is 10.6. The van der Waals surface area contributed by atoms with Crippen molar-refractivity contribution in [3.05, 3.63) is 60.3 Å². The molecule has 0 aliphatic carbocycles. The van der Waals surface area contributed by atoms with Gasteiger partial charge < -0.3 is 9.90 Å². The van der Waals surface area contributed by atoms with Crippen LogP contribution in [-0.2, 0) is 6.54 Å². The Balaban J connectivity index is 2.25. The fourth-order valence-corrected chi connectivity index (χ4v) is 1.83. The summed E-state index contributed by atoms with van der Waals surface area (Å²) in [6, 6.07) is 9.58. The number of benzene rings is 1. The largest absolute Gasteiger partial charge is 0.498 e. The van der Waals surface area contributed by atoms with Crippen molar-refractivity contribution in [1.29, 1.82) is 0 Å². The van der Waals surface area contributed by atoms with E-state index in [1.54, 1.807) is 12.3 Å². The summed E-state index contributed by atoms with van der Waals surface area (Å²) < 4.78 is -0.166. The normalized spacial score (nSPS) is 23.2. The first-order chi connectivity index (χ1) is 7.73. The van der Waals surface area contributed by atoms with Gasteiger partial charge in [0, 0.05) is 5.56 Å². The number of amides is 1. The lowest BCUT2D eigenvalue weighted by atomic mass is 10.1. The molecule has 1 aromatic carbocycles. The smallest absolute Gasteiger partial charge is 0.262 e. The van der Waals surface area contributed by atoms with Crippen molar-refractivity contribution in [2.75, 3.05) is 6.54 Å². The molecule has 1 aromatic rings. The molecule has 1 aliphatic heterocycles. The summed E-state index contributed by atoms with van der Waals surface area (Å²) in [5.41, 5.74) is 0.992. The van der Waals surface area contributed by atoms with Crippen LogP contribution in [0.15, 0.2) is 54.8 Å². The van der Waals surface area contributed by atoms with E-state index in [1.807, 2.05) is 42.5 Å². The Kier molecular flexibility index (Phi) is 2.88. The molecule has 0 radical (unpaired) electrons. The second kappa shape index (κ2) is 4.33. The van der Waals surface area contributed by atoms with Gasteiger partial charge in [-0.25, -0.2) is 4.48 Å². The van der Waals surface area contributed by atoms with Crippen LogP contribution in [-0.4, -0.2) is 17.1 Å². The minimum atomic E-state index is -1.07. The Morgan fingerprint density at radius 1 is 1.25 bits per heavy atom. The molecule has 3 nitrogen and oxygen atoms in total. The zero-order chi connectivity index (χ0) is 11.4. The Morgan fingerprint density at radius 3 is 2.56 bits per heavy atom. The molecule has 0 aromatic heterocycles. The van der Waals surface area contributed by atoms with E-state index in [2.05, 4.69) is 0 Å². The van der Waals surface area contributed by atoms with Crippen molar-refractivity contribution in [2.45, 2.75) is 6.54 Å². The third-order valence-corrected chi connectivity index (χ3v) is 2.72. The average molecular weight is 215 g/mol. The average Bonchev–Trinajstić information content (AvgIpc) is 2.31. The number of quaternary nitrogens is 1. The molecule has 2 rings (SSSR count). The van der Waals surface area contributed by atoms with Crippen molar-refractivity contribution < 1.29 is 14.4 Å². The molecule has 0 fully saturated rings. The minimum absolute atomic E-state index is 0.166. The second-order valence-corrected chi connectivity index (χ2v) is 3.90.